The smallest absolute Gasteiger partial charge is 0.332 e. The van der Waals surface area contributed by atoms with Crippen molar-refractivity contribution in [1.29, 1.82) is 5.26 Å². The van der Waals surface area contributed by atoms with Crippen molar-refractivity contribution in [3.05, 3.63) is 29.8 Å². The van der Waals surface area contributed by atoms with Gasteiger partial charge >= 0.3 is 12.0 Å². The largest absolute Gasteiger partial charge is 0.479 e. The molecule has 0 heterocycles. The average Bonchev–Trinajstić information content (AvgIpc) is 2.41. The van der Waals surface area contributed by atoms with Crippen LogP contribution in [0.1, 0.15) is 12.0 Å². The number of aliphatic carboxylic acids is 1. The number of hydrogen-bond acceptors (Lipinski definition) is 4. The van der Waals surface area contributed by atoms with E-state index in [2.05, 4.69) is 10.6 Å². The third-order valence-corrected chi connectivity index (χ3v) is 2.48. The standard InChI is InChI=1S/C13H15N3O4/c14-7-5-9-1-3-10(4-2-9)16-13(20)15-8-6-11(17)12(18)19/h1-4,11,17H,5-6,8H2,(H,18,19)(H2,15,16,20)/t11-/m0/s1. The summed E-state index contributed by atoms with van der Waals surface area (Å²) in [7, 11) is 0. The van der Waals surface area contributed by atoms with E-state index in [1.165, 1.54) is 0 Å². The summed E-state index contributed by atoms with van der Waals surface area (Å²) in [5, 5.41) is 31.0. The van der Waals surface area contributed by atoms with Gasteiger partial charge in [0.15, 0.2) is 6.10 Å². The SMILES string of the molecule is N#CCc1ccc(NC(=O)NCC[C@H](O)C(=O)O)cc1. The van der Waals surface area contributed by atoms with Crippen LogP contribution in [0.4, 0.5) is 10.5 Å². The summed E-state index contributed by atoms with van der Waals surface area (Å²) >= 11 is 0. The molecule has 0 saturated carbocycles. The Morgan fingerprint density at radius 2 is 1.95 bits per heavy atom. The molecule has 7 nitrogen and oxygen atoms in total. The van der Waals surface area contributed by atoms with Gasteiger partial charge in [-0.15, -0.1) is 0 Å². The Bertz CT molecular complexity index is 507. The molecular formula is C13H15N3O4. The van der Waals surface area contributed by atoms with E-state index in [0.717, 1.165) is 5.56 Å². The first kappa shape index (κ1) is 15.5. The van der Waals surface area contributed by atoms with Crippen LogP contribution in [0.5, 0.6) is 0 Å². The van der Waals surface area contributed by atoms with E-state index >= 15 is 0 Å². The first-order valence-electron chi connectivity index (χ1n) is 5.94. The zero-order chi connectivity index (χ0) is 15.0. The summed E-state index contributed by atoms with van der Waals surface area (Å²) in [5.41, 5.74) is 1.41. The Morgan fingerprint density at radius 3 is 2.50 bits per heavy atom. The van der Waals surface area contributed by atoms with Gasteiger partial charge in [0.2, 0.25) is 0 Å². The number of amides is 2. The van der Waals surface area contributed by atoms with E-state index < -0.39 is 18.1 Å². The van der Waals surface area contributed by atoms with Crippen molar-refractivity contribution < 1.29 is 19.8 Å². The number of carboxylic acids is 1. The highest BCUT2D eigenvalue weighted by molar-refractivity contribution is 5.89. The van der Waals surface area contributed by atoms with Crippen molar-refractivity contribution in [2.24, 2.45) is 0 Å². The maximum Gasteiger partial charge on any atom is 0.332 e. The Morgan fingerprint density at radius 1 is 1.30 bits per heavy atom. The zero-order valence-electron chi connectivity index (χ0n) is 10.7. The second-order valence-corrected chi connectivity index (χ2v) is 4.06. The van der Waals surface area contributed by atoms with E-state index in [9.17, 15) is 9.59 Å². The third kappa shape index (κ3) is 5.37. The fraction of sp³-hybridized carbons (Fsp3) is 0.308. The highest BCUT2D eigenvalue weighted by Crippen LogP contribution is 2.09. The molecule has 0 aliphatic heterocycles. The van der Waals surface area contributed by atoms with Gasteiger partial charge < -0.3 is 20.8 Å². The Hall–Kier alpha value is -2.59. The van der Waals surface area contributed by atoms with E-state index in [1.807, 2.05) is 6.07 Å². The predicted octanol–water partition coefficient (Wildman–Crippen LogP) is 0.710. The maximum atomic E-state index is 11.5. The second-order valence-electron chi connectivity index (χ2n) is 4.06. The number of carboxylic acid groups (broad SMARTS) is 1. The normalized spacial score (nSPS) is 11.2. The molecule has 20 heavy (non-hydrogen) atoms. The summed E-state index contributed by atoms with van der Waals surface area (Å²) in [4.78, 5) is 21.8. The molecule has 0 saturated heterocycles. The average molecular weight is 277 g/mol. The molecule has 1 aromatic carbocycles. The van der Waals surface area contributed by atoms with Crippen LogP contribution >= 0.6 is 0 Å². The van der Waals surface area contributed by atoms with Crippen LogP contribution in [0.25, 0.3) is 0 Å². The van der Waals surface area contributed by atoms with Gasteiger partial charge in [0.1, 0.15) is 0 Å². The molecule has 2 amide bonds. The van der Waals surface area contributed by atoms with E-state index in [4.69, 9.17) is 15.5 Å². The molecule has 106 valence electrons. The summed E-state index contributed by atoms with van der Waals surface area (Å²) in [6.45, 7) is 0.0474. The summed E-state index contributed by atoms with van der Waals surface area (Å²) in [6.07, 6.45) is -1.25. The monoisotopic (exact) mass is 277 g/mol. The van der Waals surface area contributed by atoms with Gasteiger partial charge in [-0.25, -0.2) is 9.59 Å². The van der Waals surface area contributed by atoms with Crippen LogP contribution in [0.15, 0.2) is 24.3 Å². The van der Waals surface area contributed by atoms with E-state index in [1.54, 1.807) is 24.3 Å². The molecule has 0 unspecified atom stereocenters. The Kier molecular flexibility index (Phi) is 6.00. The first-order valence-corrected chi connectivity index (χ1v) is 5.94. The number of rotatable bonds is 6. The second kappa shape index (κ2) is 7.76. The van der Waals surface area contributed by atoms with Crippen LogP contribution in [0.3, 0.4) is 0 Å². The molecule has 4 N–H and O–H groups in total. The molecular weight excluding hydrogens is 262 g/mol. The number of urea groups is 1. The minimum absolute atomic E-state index is 0.0474. The fourth-order valence-corrected chi connectivity index (χ4v) is 1.42. The molecule has 1 atom stereocenters. The molecule has 0 aromatic heterocycles. The van der Waals surface area contributed by atoms with Crippen LogP contribution in [0, 0.1) is 11.3 Å². The lowest BCUT2D eigenvalue weighted by Crippen LogP contribution is -2.33. The lowest BCUT2D eigenvalue weighted by molar-refractivity contribution is -0.146. The number of carbonyl (C=O) groups excluding carboxylic acids is 1. The summed E-state index contributed by atoms with van der Waals surface area (Å²) in [5.74, 6) is -1.32. The molecule has 0 aliphatic carbocycles. The van der Waals surface area contributed by atoms with E-state index in [-0.39, 0.29) is 13.0 Å². The van der Waals surface area contributed by atoms with Crippen molar-refractivity contribution in [3.8, 4) is 6.07 Å². The lowest BCUT2D eigenvalue weighted by atomic mass is 10.1. The quantitative estimate of drug-likeness (QED) is 0.610. The molecule has 0 spiro atoms. The highest BCUT2D eigenvalue weighted by atomic mass is 16.4. The predicted molar refractivity (Wildman–Crippen MR) is 71.0 cm³/mol. The highest BCUT2D eigenvalue weighted by Gasteiger charge is 2.12. The van der Waals surface area contributed by atoms with Gasteiger partial charge in [-0.1, -0.05) is 12.1 Å². The van der Waals surface area contributed by atoms with Gasteiger partial charge in [-0.2, -0.15) is 5.26 Å². The molecule has 1 rings (SSSR count). The third-order valence-electron chi connectivity index (χ3n) is 2.48. The van der Waals surface area contributed by atoms with Gasteiger partial charge in [0.05, 0.1) is 12.5 Å². The minimum atomic E-state index is -1.49. The first-order chi connectivity index (χ1) is 9.52. The number of aliphatic hydroxyl groups is 1. The van der Waals surface area contributed by atoms with Gasteiger partial charge in [-0.05, 0) is 17.7 Å². The zero-order valence-corrected chi connectivity index (χ0v) is 10.7. The van der Waals surface area contributed by atoms with Gasteiger partial charge in [0, 0.05) is 18.7 Å². The maximum absolute atomic E-state index is 11.5. The molecule has 7 heteroatoms. The number of aliphatic hydroxyl groups excluding tert-OH is 1. The molecule has 0 aliphatic rings. The van der Waals surface area contributed by atoms with Gasteiger partial charge in [0.25, 0.3) is 0 Å². The van der Waals surface area contributed by atoms with Crippen LogP contribution in [-0.2, 0) is 11.2 Å². The van der Waals surface area contributed by atoms with Gasteiger partial charge in [-0.3, -0.25) is 0 Å². The van der Waals surface area contributed by atoms with Crippen LogP contribution in [0.2, 0.25) is 0 Å². The fourth-order valence-electron chi connectivity index (χ4n) is 1.42. The molecule has 0 bridgehead atoms. The number of nitriles is 1. The summed E-state index contributed by atoms with van der Waals surface area (Å²) in [6, 6.07) is 8.32. The number of benzene rings is 1. The van der Waals surface area contributed by atoms with Crippen LogP contribution in [-0.4, -0.2) is 34.9 Å². The number of hydrogen-bond donors (Lipinski definition) is 4. The molecule has 0 radical (unpaired) electrons. The van der Waals surface area contributed by atoms with Crippen molar-refractivity contribution >= 4 is 17.7 Å². The molecule has 0 fully saturated rings. The summed E-state index contributed by atoms with van der Waals surface area (Å²) < 4.78 is 0. The minimum Gasteiger partial charge on any atom is -0.479 e. The van der Waals surface area contributed by atoms with Crippen molar-refractivity contribution in [3.63, 3.8) is 0 Å². The number of nitrogens with zero attached hydrogens (tertiary/aromatic N) is 1. The Balaban J connectivity index is 2.35. The van der Waals surface area contributed by atoms with Crippen molar-refractivity contribution in [1.82, 2.24) is 5.32 Å². The Labute approximate surface area is 115 Å². The lowest BCUT2D eigenvalue weighted by Gasteiger charge is -2.09. The van der Waals surface area contributed by atoms with Crippen molar-refractivity contribution in [2.45, 2.75) is 18.9 Å². The van der Waals surface area contributed by atoms with Crippen molar-refractivity contribution in [2.75, 3.05) is 11.9 Å². The number of anilines is 1. The number of carbonyl (C=O) groups is 2. The number of nitrogens with one attached hydrogen (secondary N) is 2. The molecule has 1 aromatic rings. The topological polar surface area (TPSA) is 122 Å². The van der Waals surface area contributed by atoms with E-state index in [0.29, 0.717) is 12.1 Å². The van der Waals surface area contributed by atoms with Crippen LogP contribution < -0.4 is 10.6 Å².